The molecule has 1 heterocycles. The number of phenols is 1. The van der Waals surface area contributed by atoms with Crippen molar-refractivity contribution in [1.82, 2.24) is 9.80 Å². The van der Waals surface area contributed by atoms with Gasteiger partial charge >= 0.3 is 0 Å². The van der Waals surface area contributed by atoms with E-state index in [1.165, 1.54) is 11.0 Å². The van der Waals surface area contributed by atoms with Gasteiger partial charge in [-0.3, -0.25) is 29.0 Å². The predicted molar refractivity (Wildman–Crippen MR) is 152 cm³/mol. The Labute approximate surface area is 248 Å². The molecule has 0 aromatic heterocycles. The molecule has 5 rings (SSSR count). The summed E-state index contributed by atoms with van der Waals surface area (Å²) in [5, 5.41) is 47.4. The number of phenolic OH excluding ortho intramolecular Hbond substituents is 1. The van der Waals surface area contributed by atoms with Crippen LogP contribution in [0.15, 0.2) is 34.8 Å². The molecule has 2 unspecified atom stereocenters. The molecule has 1 aromatic carbocycles. The molecule has 0 saturated carbocycles. The van der Waals surface area contributed by atoms with E-state index in [2.05, 4.69) is 5.32 Å². The summed E-state index contributed by atoms with van der Waals surface area (Å²) in [6.45, 7) is 1.75. The molecular weight excluding hydrogens is 579 g/mol. The number of likely N-dealkylation sites (tertiary alicyclic amines) is 1. The number of nitrogens with one attached hydrogen (secondary N) is 1. The molecule has 4 aliphatic rings. The standard InChI is InChI=1S/C27H32N4O8.2ClH/c1-30(2)20-14-10-13-9-12-5-6-15(29-16(32)11-31-7-3-4-8-31)21(33)17(12)22(34)18(13)24(36)27(14,39)25(37)19(23(20)35)26(28)38;;/h5-6,13-14,20,33,35-36,39H,3-4,7-11H2,1-2H3,(H2,28,38)(H,29,32);2*1H/t13?,14?,20-,27-;;/m0../s1. The number of ketones is 2. The van der Waals surface area contributed by atoms with Crippen LogP contribution in [0.4, 0.5) is 5.69 Å². The lowest BCUT2D eigenvalue weighted by molar-refractivity contribution is -0.148. The van der Waals surface area contributed by atoms with E-state index < -0.39 is 63.8 Å². The number of amides is 2. The van der Waals surface area contributed by atoms with Crippen LogP contribution in [0.5, 0.6) is 5.75 Å². The summed E-state index contributed by atoms with van der Waals surface area (Å²) in [6.07, 6.45) is 2.21. The fourth-order valence-electron chi connectivity index (χ4n) is 6.66. The molecule has 0 bridgehead atoms. The first kappa shape index (κ1) is 32.4. The second kappa shape index (κ2) is 11.6. The fraction of sp³-hybridized carbons (Fsp3) is 0.481. The number of halogens is 2. The highest BCUT2D eigenvalue weighted by Crippen LogP contribution is 2.52. The molecule has 14 heteroatoms. The summed E-state index contributed by atoms with van der Waals surface area (Å²) in [5.41, 5.74) is 1.92. The number of anilines is 1. The lowest BCUT2D eigenvalue weighted by Crippen LogP contribution is -2.63. The third-order valence-corrected chi connectivity index (χ3v) is 8.44. The number of aliphatic hydroxyl groups is 3. The van der Waals surface area contributed by atoms with Gasteiger partial charge in [-0.25, -0.2) is 0 Å². The summed E-state index contributed by atoms with van der Waals surface area (Å²) in [7, 11) is 3.15. The molecule has 0 spiro atoms. The van der Waals surface area contributed by atoms with E-state index in [4.69, 9.17) is 5.73 Å². The second-order valence-electron chi connectivity index (χ2n) is 11.0. The first-order valence-corrected chi connectivity index (χ1v) is 12.9. The van der Waals surface area contributed by atoms with Gasteiger partial charge < -0.3 is 31.5 Å². The average Bonchev–Trinajstić information content (AvgIpc) is 3.35. The maximum atomic E-state index is 13.7. The van der Waals surface area contributed by atoms with Gasteiger partial charge in [0, 0.05) is 11.5 Å². The van der Waals surface area contributed by atoms with Crippen molar-refractivity contribution >= 4 is 53.9 Å². The zero-order valence-electron chi connectivity index (χ0n) is 22.5. The molecule has 1 aromatic rings. The van der Waals surface area contributed by atoms with E-state index in [9.17, 15) is 39.6 Å². The average molecular weight is 613 g/mol. The highest BCUT2D eigenvalue weighted by atomic mass is 35.5. The van der Waals surface area contributed by atoms with E-state index in [1.807, 2.05) is 4.90 Å². The van der Waals surface area contributed by atoms with E-state index in [1.54, 1.807) is 20.2 Å². The van der Waals surface area contributed by atoms with Gasteiger partial charge in [-0.2, -0.15) is 0 Å². The summed E-state index contributed by atoms with van der Waals surface area (Å²) >= 11 is 0. The smallest absolute Gasteiger partial charge is 0.255 e. The highest BCUT2D eigenvalue weighted by Gasteiger charge is 2.63. The normalized spacial score (nSPS) is 27.5. The Balaban J connectivity index is 0.00000231. The Morgan fingerprint density at radius 1 is 1.12 bits per heavy atom. The maximum Gasteiger partial charge on any atom is 0.255 e. The van der Waals surface area contributed by atoms with Crippen LogP contribution in [0.25, 0.3) is 0 Å². The summed E-state index contributed by atoms with van der Waals surface area (Å²) in [6, 6.07) is 2.08. The summed E-state index contributed by atoms with van der Waals surface area (Å²) < 4.78 is 0. The largest absolute Gasteiger partial charge is 0.510 e. The van der Waals surface area contributed by atoms with Gasteiger partial charge in [0.15, 0.2) is 17.1 Å². The topological polar surface area (TPSA) is 194 Å². The first-order chi connectivity index (χ1) is 18.4. The number of aliphatic hydroxyl groups excluding tert-OH is 2. The van der Waals surface area contributed by atoms with Crippen molar-refractivity contribution in [1.29, 1.82) is 0 Å². The van der Waals surface area contributed by atoms with Gasteiger partial charge in [-0.1, -0.05) is 6.07 Å². The zero-order chi connectivity index (χ0) is 28.4. The molecule has 224 valence electrons. The van der Waals surface area contributed by atoms with Crippen molar-refractivity contribution in [3.05, 3.63) is 45.9 Å². The van der Waals surface area contributed by atoms with Crippen LogP contribution in [0.1, 0.15) is 35.2 Å². The van der Waals surface area contributed by atoms with E-state index in [0.717, 1.165) is 25.9 Å². The van der Waals surface area contributed by atoms with Crippen LogP contribution in [0, 0.1) is 11.8 Å². The van der Waals surface area contributed by atoms with Gasteiger partial charge in [0.2, 0.25) is 11.7 Å². The number of benzene rings is 1. The quantitative estimate of drug-likeness (QED) is 0.206. The van der Waals surface area contributed by atoms with Crippen LogP contribution in [-0.2, 0) is 20.8 Å². The van der Waals surface area contributed by atoms with Crippen LogP contribution < -0.4 is 11.1 Å². The van der Waals surface area contributed by atoms with Gasteiger partial charge in [0.05, 0.1) is 23.8 Å². The monoisotopic (exact) mass is 612 g/mol. The van der Waals surface area contributed by atoms with Gasteiger partial charge in [0.25, 0.3) is 5.91 Å². The number of nitrogens with zero attached hydrogens (tertiary/aromatic N) is 2. The number of likely N-dealkylation sites (N-methyl/N-ethyl adjacent to an activating group) is 1. The Morgan fingerprint density at radius 3 is 2.34 bits per heavy atom. The van der Waals surface area contributed by atoms with Gasteiger partial charge in [-0.05, 0) is 70.4 Å². The number of hydrogen-bond acceptors (Lipinski definition) is 10. The SMILES string of the molecule is CN(C)[C@@H]1C(O)=C(C(N)=O)C(=O)[C@@]2(O)C(O)=C3C(=O)c4c(ccc(NC(=O)CN5CCCC5)c4O)CC3CC12.Cl.Cl. The number of allylic oxidation sites excluding steroid dienone is 1. The molecule has 0 radical (unpaired) electrons. The van der Waals surface area contributed by atoms with Crippen molar-refractivity contribution < 1.29 is 39.6 Å². The van der Waals surface area contributed by atoms with Crippen LogP contribution in [0.3, 0.4) is 0 Å². The lowest BCUT2D eigenvalue weighted by Gasteiger charge is -2.50. The second-order valence-corrected chi connectivity index (χ2v) is 11.0. The number of carbonyl (C=O) groups is 4. The number of rotatable bonds is 5. The molecule has 2 amide bonds. The van der Waals surface area contributed by atoms with Crippen molar-refractivity contribution in [3.63, 3.8) is 0 Å². The maximum absolute atomic E-state index is 13.7. The third-order valence-electron chi connectivity index (χ3n) is 8.44. The Bertz CT molecular complexity index is 1370. The summed E-state index contributed by atoms with van der Waals surface area (Å²) in [5.74, 6) is -7.45. The van der Waals surface area contributed by atoms with Crippen LogP contribution >= 0.6 is 24.8 Å². The van der Waals surface area contributed by atoms with Crippen LogP contribution in [0.2, 0.25) is 0 Å². The van der Waals surface area contributed by atoms with E-state index >= 15 is 0 Å². The molecule has 1 saturated heterocycles. The van der Waals surface area contributed by atoms with Crippen molar-refractivity contribution in [2.75, 3.05) is 39.0 Å². The molecule has 7 N–H and O–H groups in total. The molecular formula is C27H34Cl2N4O8. The highest BCUT2D eigenvalue weighted by molar-refractivity contribution is 6.25. The summed E-state index contributed by atoms with van der Waals surface area (Å²) in [4.78, 5) is 55.2. The molecule has 4 atom stereocenters. The number of hydrogen-bond donors (Lipinski definition) is 6. The lowest BCUT2D eigenvalue weighted by atomic mass is 9.58. The van der Waals surface area contributed by atoms with Crippen molar-refractivity contribution in [3.8, 4) is 5.75 Å². The van der Waals surface area contributed by atoms with Crippen molar-refractivity contribution in [2.45, 2.75) is 37.3 Å². The molecule has 12 nitrogen and oxygen atoms in total. The van der Waals surface area contributed by atoms with E-state index in [-0.39, 0.29) is 66.9 Å². The number of nitrogens with two attached hydrogens (primary N) is 1. The third kappa shape index (κ3) is 4.97. The number of primary amides is 1. The first-order valence-electron chi connectivity index (χ1n) is 12.9. The zero-order valence-corrected chi connectivity index (χ0v) is 24.2. The molecule has 3 aliphatic carbocycles. The van der Waals surface area contributed by atoms with Gasteiger partial charge in [0.1, 0.15) is 17.1 Å². The number of Topliss-reactive ketones (excluding diaryl/α,β-unsaturated/α-hetero) is 2. The minimum absolute atomic E-state index is 0. The Morgan fingerprint density at radius 2 is 1.76 bits per heavy atom. The minimum atomic E-state index is -2.69. The molecule has 41 heavy (non-hydrogen) atoms. The Kier molecular flexibility index (Phi) is 9.16. The van der Waals surface area contributed by atoms with Crippen molar-refractivity contribution in [2.24, 2.45) is 17.6 Å². The number of aromatic hydroxyl groups is 1. The van der Waals surface area contributed by atoms with Gasteiger partial charge in [-0.15, -0.1) is 24.8 Å². The van der Waals surface area contributed by atoms with Crippen LogP contribution in [-0.4, -0.2) is 99.0 Å². The number of carbonyl (C=O) groups excluding carboxylic acids is 4. The molecule has 1 fully saturated rings. The minimum Gasteiger partial charge on any atom is -0.510 e. The Hall–Kier alpha value is -3.16. The fourth-order valence-corrected chi connectivity index (χ4v) is 6.66. The molecule has 1 aliphatic heterocycles. The number of fused-ring (bicyclic) bond motifs is 3. The van der Waals surface area contributed by atoms with E-state index in [0.29, 0.717) is 5.56 Å². The predicted octanol–water partition coefficient (Wildman–Crippen LogP) is 0.998.